The number of ether oxygens (including phenoxy) is 2. The van der Waals surface area contributed by atoms with Gasteiger partial charge >= 0.3 is 6.03 Å². The van der Waals surface area contributed by atoms with Crippen molar-refractivity contribution in [3.05, 3.63) is 78.6 Å². The van der Waals surface area contributed by atoms with Gasteiger partial charge in [0.25, 0.3) is 0 Å². The average Bonchev–Trinajstić information content (AvgIpc) is 3.30. The zero-order valence-electron chi connectivity index (χ0n) is 17.4. The van der Waals surface area contributed by atoms with Crippen LogP contribution in [0.1, 0.15) is 5.56 Å². The van der Waals surface area contributed by atoms with Crippen molar-refractivity contribution >= 4 is 17.4 Å². The number of oxazole rings is 1. The van der Waals surface area contributed by atoms with Crippen molar-refractivity contribution in [1.82, 2.24) is 4.98 Å². The first kappa shape index (κ1) is 19.7. The van der Waals surface area contributed by atoms with Crippen LogP contribution >= 0.6 is 0 Å². The Kier molecular flexibility index (Phi) is 5.21. The van der Waals surface area contributed by atoms with Gasteiger partial charge in [-0.05, 0) is 43.3 Å². The Morgan fingerprint density at radius 2 is 1.47 bits per heavy atom. The second-order valence-electron chi connectivity index (χ2n) is 7.42. The molecule has 160 valence electrons. The molecule has 1 aliphatic rings. The Bertz CT molecular complexity index is 1250. The van der Waals surface area contributed by atoms with Gasteiger partial charge < -0.3 is 24.5 Å². The topological polar surface area (TPSA) is 85.6 Å². The summed E-state index contributed by atoms with van der Waals surface area (Å²) in [5.41, 5.74) is 5.06. The Balaban J connectivity index is 1.23. The summed E-state index contributed by atoms with van der Waals surface area (Å²) >= 11 is 0. The van der Waals surface area contributed by atoms with Gasteiger partial charge in [-0.25, -0.2) is 9.78 Å². The van der Waals surface area contributed by atoms with E-state index in [-0.39, 0.29) is 6.03 Å². The number of aromatic nitrogens is 1. The van der Waals surface area contributed by atoms with Crippen LogP contribution in [0.2, 0.25) is 0 Å². The van der Waals surface area contributed by atoms with Gasteiger partial charge in [-0.3, -0.25) is 0 Å². The monoisotopic (exact) mass is 427 g/mol. The highest BCUT2D eigenvalue weighted by Crippen LogP contribution is 2.32. The number of anilines is 2. The van der Waals surface area contributed by atoms with Crippen molar-refractivity contribution in [1.29, 1.82) is 0 Å². The molecule has 4 aromatic rings. The molecular formula is C25H21N3O4. The summed E-state index contributed by atoms with van der Waals surface area (Å²) in [6.45, 7) is 3.06. The van der Waals surface area contributed by atoms with Crippen LogP contribution in [0.3, 0.4) is 0 Å². The highest BCUT2D eigenvalue weighted by molar-refractivity contribution is 6.00. The molecule has 0 unspecified atom stereocenters. The van der Waals surface area contributed by atoms with Crippen molar-refractivity contribution in [2.45, 2.75) is 6.92 Å². The lowest BCUT2D eigenvalue weighted by Gasteiger charge is -2.19. The maximum absolute atomic E-state index is 12.4. The Morgan fingerprint density at radius 3 is 2.25 bits per heavy atom. The number of carbonyl (C=O) groups is 1. The van der Waals surface area contributed by atoms with E-state index in [9.17, 15) is 4.79 Å². The predicted molar refractivity (Wildman–Crippen MR) is 122 cm³/mol. The maximum Gasteiger partial charge on any atom is 0.323 e. The second kappa shape index (κ2) is 8.47. The molecule has 0 saturated heterocycles. The van der Waals surface area contributed by atoms with Crippen LogP contribution in [0.15, 0.2) is 77.4 Å². The third kappa shape index (κ3) is 4.27. The van der Waals surface area contributed by atoms with Crippen molar-refractivity contribution in [2.75, 3.05) is 23.8 Å². The number of benzene rings is 3. The van der Waals surface area contributed by atoms with Gasteiger partial charge in [0.1, 0.15) is 25.2 Å². The number of nitrogens with zero attached hydrogens (tertiary/aromatic N) is 1. The van der Waals surface area contributed by atoms with Crippen LogP contribution in [0.25, 0.3) is 22.7 Å². The smallest absolute Gasteiger partial charge is 0.323 e. The summed E-state index contributed by atoms with van der Waals surface area (Å²) in [5.74, 6) is 1.82. The first-order chi connectivity index (χ1) is 15.6. The number of hydrogen-bond acceptors (Lipinski definition) is 5. The van der Waals surface area contributed by atoms with E-state index in [0.29, 0.717) is 42.0 Å². The number of hydrogen-bond donors (Lipinski definition) is 2. The lowest BCUT2D eigenvalue weighted by atomic mass is 10.1. The molecule has 0 fully saturated rings. The average molecular weight is 427 g/mol. The Morgan fingerprint density at radius 1 is 0.812 bits per heavy atom. The summed E-state index contributed by atoms with van der Waals surface area (Å²) in [5, 5.41) is 5.61. The Labute approximate surface area is 185 Å². The Hall–Kier alpha value is -4.26. The normalized spacial score (nSPS) is 12.3. The molecule has 0 aliphatic carbocycles. The van der Waals surface area contributed by atoms with Crippen LogP contribution in [0.4, 0.5) is 16.2 Å². The summed E-state index contributed by atoms with van der Waals surface area (Å²) < 4.78 is 16.7. The van der Waals surface area contributed by atoms with Crippen LogP contribution in [-0.2, 0) is 0 Å². The fourth-order valence-electron chi connectivity index (χ4n) is 3.37. The number of amides is 2. The van der Waals surface area contributed by atoms with Crippen LogP contribution in [-0.4, -0.2) is 24.2 Å². The minimum Gasteiger partial charge on any atom is -0.486 e. The van der Waals surface area contributed by atoms with Crippen molar-refractivity contribution in [3.63, 3.8) is 0 Å². The van der Waals surface area contributed by atoms with Gasteiger partial charge in [0.05, 0.1) is 0 Å². The highest BCUT2D eigenvalue weighted by Gasteiger charge is 2.13. The summed E-state index contributed by atoms with van der Waals surface area (Å²) in [6, 6.07) is 20.4. The molecule has 0 atom stereocenters. The minimum absolute atomic E-state index is 0.354. The number of carbonyl (C=O) groups excluding carboxylic acids is 1. The van der Waals surface area contributed by atoms with E-state index in [0.717, 1.165) is 16.8 Å². The molecule has 7 heteroatoms. The lowest BCUT2D eigenvalue weighted by molar-refractivity contribution is 0.171. The first-order valence-electron chi connectivity index (χ1n) is 10.2. The molecule has 2 amide bonds. The number of nitrogens with one attached hydrogen (secondary N) is 2. The SMILES string of the molecule is Cc1ccc(-c2coc(-c3ccc(NC(=O)Nc4ccc5c(c4)OCCO5)cc3)n2)cc1. The molecule has 0 spiro atoms. The molecule has 0 radical (unpaired) electrons. The fourth-order valence-corrected chi connectivity index (χ4v) is 3.37. The van der Waals surface area contributed by atoms with Crippen molar-refractivity contribution < 1.29 is 18.7 Å². The summed E-state index contributed by atoms with van der Waals surface area (Å²) in [7, 11) is 0. The highest BCUT2D eigenvalue weighted by atomic mass is 16.6. The number of fused-ring (bicyclic) bond motifs is 1. The van der Waals surface area contributed by atoms with E-state index in [4.69, 9.17) is 13.9 Å². The van der Waals surface area contributed by atoms with E-state index < -0.39 is 0 Å². The van der Waals surface area contributed by atoms with Gasteiger partial charge in [0.15, 0.2) is 11.5 Å². The largest absolute Gasteiger partial charge is 0.486 e. The zero-order valence-corrected chi connectivity index (χ0v) is 17.4. The van der Waals surface area contributed by atoms with Gasteiger partial charge in [0.2, 0.25) is 5.89 Å². The summed E-state index contributed by atoms with van der Waals surface area (Å²) in [4.78, 5) is 16.9. The third-order valence-corrected chi connectivity index (χ3v) is 5.04. The maximum atomic E-state index is 12.4. The predicted octanol–water partition coefficient (Wildman–Crippen LogP) is 5.73. The van der Waals surface area contributed by atoms with Gasteiger partial charge in [-0.1, -0.05) is 29.8 Å². The van der Waals surface area contributed by atoms with Crippen molar-refractivity contribution in [2.24, 2.45) is 0 Å². The molecule has 5 rings (SSSR count). The quantitative estimate of drug-likeness (QED) is 0.434. The third-order valence-electron chi connectivity index (χ3n) is 5.04. The van der Waals surface area contributed by atoms with Crippen LogP contribution in [0, 0.1) is 6.92 Å². The van der Waals surface area contributed by atoms with Crippen LogP contribution in [0.5, 0.6) is 11.5 Å². The van der Waals surface area contributed by atoms with Gasteiger partial charge in [-0.15, -0.1) is 0 Å². The van der Waals surface area contributed by atoms with Crippen LogP contribution < -0.4 is 20.1 Å². The van der Waals surface area contributed by atoms with E-state index in [1.165, 1.54) is 5.56 Å². The molecule has 0 saturated carbocycles. The molecule has 2 N–H and O–H groups in total. The summed E-state index contributed by atoms with van der Waals surface area (Å²) in [6.07, 6.45) is 1.65. The lowest BCUT2D eigenvalue weighted by Crippen LogP contribution is -2.20. The molecule has 3 aromatic carbocycles. The molecule has 1 aromatic heterocycles. The second-order valence-corrected chi connectivity index (χ2v) is 7.42. The molecule has 32 heavy (non-hydrogen) atoms. The van der Waals surface area contributed by atoms with E-state index in [1.54, 1.807) is 36.6 Å². The van der Waals surface area contributed by atoms with Crippen molar-refractivity contribution in [3.8, 4) is 34.2 Å². The first-order valence-corrected chi connectivity index (χ1v) is 10.2. The molecule has 1 aliphatic heterocycles. The van der Waals surface area contributed by atoms with E-state index >= 15 is 0 Å². The van der Waals surface area contributed by atoms with Gasteiger partial charge in [-0.2, -0.15) is 0 Å². The number of urea groups is 1. The molecule has 0 bridgehead atoms. The molecule has 2 heterocycles. The zero-order chi connectivity index (χ0) is 21.9. The fraction of sp³-hybridized carbons (Fsp3) is 0.120. The molecule has 7 nitrogen and oxygen atoms in total. The number of rotatable bonds is 4. The molecular weight excluding hydrogens is 406 g/mol. The van der Waals surface area contributed by atoms with E-state index in [2.05, 4.69) is 15.6 Å². The standard InChI is InChI=1S/C25H21N3O4/c1-16-2-4-17(5-3-16)21-15-32-24(28-21)18-6-8-19(9-7-18)26-25(29)27-20-10-11-22-23(14-20)31-13-12-30-22/h2-11,14-15H,12-13H2,1H3,(H2,26,27,29). The van der Waals surface area contributed by atoms with Gasteiger partial charge in [0, 0.05) is 28.6 Å². The minimum atomic E-state index is -0.354. The number of aryl methyl sites for hydroxylation is 1. The van der Waals surface area contributed by atoms with E-state index in [1.807, 2.05) is 43.3 Å².